The molecule has 1 aromatic heterocycles. The Balaban J connectivity index is 1.16. The summed E-state index contributed by atoms with van der Waals surface area (Å²) < 4.78 is 19.1. The minimum atomic E-state index is -0.578. The maximum absolute atomic E-state index is 13.6. The van der Waals surface area contributed by atoms with Gasteiger partial charge in [0, 0.05) is 55.8 Å². The minimum absolute atomic E-state index is 0.177. The molecule has 2 aromatic carbocycles. The van der Waals surface area contributed by atoms with Crippen LogP contribution in [0.15, 0.2) is 60.0 Å². The molecule has 0 unspecified atom stereocenters. The second kappa shape index (κ2) is 10.9. The number of piperazine rings is 1. The Kier molecular flexibility index (Phi) is 7.77. The van der Waals surface area contributed by atoms with E-state index in [9.17, 15) is 9.50 Å². The molecule has 0 amide bonds. The number of rotatable bonds is 9. The second-order valence-electron chi connectivity index (χ2n) is 7.85. The zero-order valence-electron chi connectivity index (χ0n) is 17.5. The van der Waals surface area contributed by atoms with Gasteiger partial charge in [0.2, 0.25) is 0 Å². The van der Waals surface area contributed by atoms with E-state index in [-0.39, 0.29) is 19.0 Å². The maximum atomic E-state index is 13.6. The highest BCUT2D eigenvalue weighted by Crippen LogP contribution is 2.24. The van der Waals surface area contributed by atoms with Crippen LogP contribution in [0.1, 0.15) is 11.3 Å². The monoisotopic (exact) mass is 441 g/mol. The van der Waals surface area contributed by atoms with Crippen molar-refractivity contribution in [1.82, 2.24) is 14.8 Å². The van der Waals surface area contributed by atoms with E-state index < -0.39 is 6.10 Å². The highest BCUT2D eigenvalue weighted by atomic mass is 32.1. The molecule has 3 aromatic rings. The second-order valence-corrected chi connectivity index (χ2v) is 8.71. The molecular weight excluding hydrogens is 413 g/mol. The molecule has 1 saturated heterocycles. The van der Waals surface area contributed by atoms with Crippen LogP contribution in [-0.4, -0.2) is 65.3 Å². The Morgan fingerprint density at radius 3 is 2.48 bits per heavy atom. The Hall–Kier alpha value is -2.16. The number of benzene rings is 2. The van der Waals surface area contributed by atoms with Crippen LogP contribution in [0.2, 0.25) is 0 Å². The minimum Gasteiger partial charge on any atom is -0.389 e. The van der Waals surface area contributed by atoms with E-state index in [2.05, 4.69) is 27.3 Å². The summed E-state index contributed by atoms with van der Waals surface area (Å²) in [5, 5.41) is 13.5. The molecule has 0 aliphatic carbocycles. The molecule has 1 aliphatic heterocycles. The molecule has 1 N–H and O–H groups in total. The third-order valence-electron chi connectivity index (χ3n) is 5.42. The fraction of sp³-hybridized carbons (Fsp3) is 0.375. The molecule has 0 saturated carbocycles. The average molecular weight is 442 g/mol. The van der Waals surface area contributed by atoms with Crippen molar-refractivity contribution >= 4 is 11.3 Å². The molecule has 0 radical (unpaired) electrons. The summed E-state index contributed by atoms with van der Waals surface area (Å²) in [6, 6.07) is 16.8. The zero-order chi connectivity index (χ0) is 21.5. The van der Waals surface area contributed by atoms with Crippen LogP contribution in [-0.2, 0) is 17.9 Å². The number of aromatic nitrogens is 1. The number of β-amino-alcohol motifs (C(OH)–C–C–N with tert-alkyl or cyclic N) is 1. The number of aliphatic hydroxyl groups is 1. The van der Waals surface area contributed by atoms with Crippen LogP contribution >= 0.6 is 11.3 Å². The van der Waals surface area contributed by atoms with Crippen molar-refractivity contribution in [3.63, 3.8) is 0 Å². The highest BCUT2D eigenvalue weighted by molar-refractivity contribution is 7.13. The van der Waals surface area contributed by atoms with E-state index in [1.165, 1.54) is 6.07 Å². The number of halogens is 1. The van der Waals surface area contributed by atoms with Gasteiger partial charge < -0.3 is 9.84 Å². The smallest absolute Gasteiger partial charge is 0.128 e. The van der Waals surface area contributed by atoms with E-state index in [1.54, 1.807) is 29.5 Å². The van der Waals surface area contributed by atoms with Crippen molar-refractivity contribution in [2.75, 3.05) is 39.3 Å². The number of hydrogen-bond acceptors (Lipinski definition) is 6. The number of hydrogen-bond donors (Lipinski definition) is 1. The van der Waals surface area contributed by atoms with Crippen molar-refractivity contribution in [3.8, 4) is 10.6 Å². The van der Waals surface area contributed by atoms with Crippen molar-refractivity contribution in [2.24, 2.45) is 0 Å². The van der Waals surface area contributed by atoms with Gasteiger partial charge in [-0.05, 0) is 6.07 Å². The van der Waals surface area contributed by atoms with Gasteiger partial charge in [0.25, 0.3) is 0 Å². The third kappa shape index (κ3) is 6.41. The molecule has 1 atom stereocenters. The van der Waals surface area contributed by atoms with Crippen LogP contribution in [0, 0.1) is 5.82 Å². The first-order valence-electron chi connectivity index (χ1n) is 10.6. The van der Waals surface area contributed by atoms with Crippen LogP contribution in [0.25, 0.3) is 10.6 Å². The first kappa shape index (κ1) is 22.0. The predicted molar refractivity (Wildman–Crippen MR) is 121 cm³/mol. The molecule has 2 heterocycles. The molecule has 5 nitrogen and oxygen atoms in total. The van der Waals surface area contributed by atoms with Gasteiger partial charge in [-0.1, -0.05) is 48.5 Å². The SMILES string of the molecule is O[C@@H](COCc1ccccc1F)CN1CCN(Cc2csc(-c3ccccc3)n2)CC1. The maximum Gasteiger partial charge on any atom is 0.128 e. The van der Waals surface area contributed by atoms with Gasteiger partial charge in [-0.2, -0.15) is 0 Å². The molecule has 0 bridgehead atoms. The molecule has 31 heavy (non-hydrogen) atoms. The molecule has 7 heteroatoms. The molecule has 1 aliphatic rings. The van der Waals surface area contributed by atoms with Crippen molar-refractivity contribution in [1.29, 1.82) is 0 Å². The van der Waals surface area contributed by atoms with Gasteiger partial charge in [-0.3, -0.25) is 9.80 Å². The van der Waals surface area contributed by atoms with E-state index >= 15 is 0 Å². The molecule has 1 fully saturated rings. The third-order valence-corrected chi connectivity index (χ3v) is 6.36. The number of nitrogens with zero attached hydrogens (tertiary/aromatic N) is 3. The average Bonchev–Trinajstić information content (AvgIpc) is 3.26. The van der Waals surface area contributed by atoms with Crippen LogP contribution < -0.4 is 0 Å². The van der Waals surface area contributed by atoms with Crippen LogP contribution in [0.5, 0.6) is 0 Å². The molecule has 164 valence electrons. The number of aliphatic hydroxyl groups excluding tert-OH is 1. The Morgan fingerprint density at radius 2 is 1.71 bits per heavy atom. The normalized spacial score (nSPS) is 16.5. The number of ether oxygens (including phenoxy) is 1. The Labute approximate surface area is 186 Å². The summed E-state index contributed by atoms with van der Waals surface area (Å²) in [7, 11) is 0. The van der Waals surface area contributed by atoms with Gasteiger partial charge in [0.05, 0.1) is 25.0 Å². The van der Waals surface area contributed by atoms with Crippen molar-refractivity contribution < 1.29 is 14.2 Å². The highest BCUT2D eigenvalue weighted by Gasteiger charge is 2.20. The van der Waals surface area contributed by atoms with Gasteiger partial charge in [-0.25, -0.2) is 9.37 Å². The van der Waals surface area contributed by atoms with E-state index in [0.29, 0.717) is 12.1 Å². The van der Waals surface area contributed by atoms with Crippen molar-refractivity contribution in [3.05, 3.63) is 77.1 Å². The summed E-state index contributed by atoms with van der Waals surface area (Å²) >= 11 is 1.69. The Morgan fingerprint density at radius 1 is 1.00 bits per heavy atom. The first-order chi connectivity index (χ1) is 15.2. The molecular formula is C24H28FN3O2S. The topological polar surface area (TPSA) is 48.8 Å². The van der Waals surface area contributed by atoms with Gasteiger partial charge >= 0.3 is 0 Å². The fourth-order valence-corrected chi connectivity index (χ4v) is 4.54. The summed E-state index contributed by atoms with van der Waals surface area (Å²) in [5.74, 6) is -0.274. The van der Waals surface area contributed by atoms with E-state index in [1.807, 2.05) is 18.2 Å². The van der Waals surface area contributed by atoms with E-state index in [0.717, 1.165) is 49.0 Å². The predicted octanol–water partition coefficient (Wildman–Crippen LogP) is 3.64. The lowest BCUT2D eigenvalue weighted by Gasteiger charge is -2.35. The molecule has 0 spiro atoms. The summed E-state index contributed by atoms with van der Waals surface area (Å²) in [4.78, 5) is 9.45. The fourth-order valence-electron chi connectivity index (χ4n) is 3.72. The van der Waals surface area contributed by atoms with Crippen LogP contribution in [0.4, 0.5) is 4.39 Å². The zero-order valence-corrected chi connectivity index (χ0v) is 18.3. The summed E-state index contributed by atoms with van der Waals surface area (Å²) in [6.45, 7) is 5.50. The number of thiazole rings is 1. The lowest BCUT2D eigenvalue weighted by atomic mass is 10.2. The van der Waals surface area contributed by atoms with Crippen LogP contribution in [0.3, 0.4) is 0 Å². The van der Waals surface area contributed by atoms with Crippen molar-refractivity contribution in [2.45, 2.75) is 19.3 Å². The van der Waals surface area contributed by atoms with E-state index in [4.69, 9.17) is 9.72 Å². The standard InChI is InChI=1S/C24H28FN3O2S/c25-23-9-5-4-8-20(23)16-30-17-22(29)15-28-12-10-27(11-13-28)14-21-18-31-24(26-21)19-6-2-1-3-7-19/h1-9,18,22,29H,10-17H2/t22-/m1/s1. The first-order valence-corrected chi connectivity index (χ1v) is 11.5. The lowest BCUT2D eigenvalue weighted by molar-refractivity contribution is 0.000191. The van der Waals surface area contributed by atoms with Gasteiger partial charge in [0.1, 0.15) is 10.8 Å². The summed E-state index contributed by atoms with van der Waals surface area (Å²) in [5.41, 5.74) is 2.79. The van der Waals surface area contributed by atoms with Gasteiger partial charge in [0.15, 0.2) is 0 Å². The quantitative estimate of drug-likeness (QED) is 0.549. The largest absolute Gasteiger partial charge is 0.389 e. The Bertz CT molecular complexity index is 945. The van der Waals surface area contributed by atoms with Gasteiger partial charge in [-0.15, -0.1) is 11.3 Å². The lowest BCUT2D eigenvalue weighted by Crippen LogP contribution is -2.48. The summed E-state index contributed by atoms with van der Waals surface area (Å²) in [6.07, 6.45) is -0.578. The molecule has 4 rings (SSSR count).